The van der Waals surface area contributed by atoms with Gasteiger partial charge in [-0.25, -0.2) is 0 Å². The Bertz CT molecular complexity index is 589. The van der Waals surface area contributed by atoms with Crippen LogP contribution in [0, 0.1) is 0 Å². The number of carbonyl (C=O) groups excluding carboxylic acids is 1. The molecule has 21 heavy (non-hydrogen) atoms. The molecule has 1 aliphatic heterocycles. The first kappa shape index (κ1) is 14.6. The lowest BCUT2D eigenvalue weighted by molar-refractivity contribution is 0.0935. The van der Waals surface area contributed by atoms with E-state index < -0.39 is 0 Å². The number of hydrogen-bond donors (Lipinski definition) is 1. The van der Waals surface area contributed by atoms with Crippen molar-refractivity contribution in [2.24, 2.45) is 0 Å². The van der Waals surface area contributed by atoms with Crippen LogP contribution in [0.15, 0.2) is 47.1 Å². The summed E-state index contributed by atoms with van der Waals surface area (Å²) in [6.07, 6.45) is 1.61. The fourth-order valence-electron chi connectivity index (χ4n) is 2.23. The molecule has 0 saturated carbocycles. The molecule has 0 radical (unpaired) electrons. The van der Waals surface area contributed by atoms with Gasteiger partial charge in [-0.1, -0.05) is 12.1 Å². The predicted octanol–water partition coefficient (Wildman–Crippen LogP) is 4.25. The lowest BCUT2D eigenvalue weighted by atomic mass is 10.1. The first-order chi connectivity index (χ1) is 10.2. The standard InChI is InChI=1S/C16H17NO2S2/c1-11(14-3-2-8-19-14)17-15(18)12-4-6-13(7-5-12)16-20-9-10-21-16/h2-8,11,16H,9-10H2,1H3,(H,17,18)/t11-/m0/s1. The maximum atomic E-state index is 12.2. The summed E-state index contributed by atoms with van der Waals surface area (Å²) in [7, 11) is 0. The Morgan fingerprint density at radius 2 is 1.95 bits per heavy atom. The first-order valence-corrected chi connectivity index (χ1v) is 9.01. The van der Waals surface area contributed by atoms with Crippen molar-refractivity contribution in [3.63, 3.8) is 0 Å². The number of hydrogen-bond acceptors (Lipinski definition) is 4. The zero-order chi connectivity index (χ0) is 14.7. The van der Waals surface area contributed by atoms with Gasteiger partial charge in [-0.05, 0) is 36.8 Å². The number of rotatable bonds is 4. The van der Waals surface area contributed by atoms with E-state index in [1.54, 1.807) is 6.26 Å². The molecular weight excluding hydrogens is 302 g/mol. The molecule has 0 bridgehead atoms. The van der Waals surface area contributed by atoms with E-state index in [0.29, 0.717) is 10.1 Å². The topological polar surface area (TPSA) is 42.2 Å². The van der Waals surface area contributed by atoms with Crippen molar-refractivity contribution in [3.8, 4) is 0 Å². The fourth-order valence-corrected chi connectivity index (χ4v) is 5.09. The minimum Gasteiger partial charge on any atom is -0.467 e. The summed E-state index contributed by atoms with van der Waals surface area (Å²) in [5, 5.41) is 2.94. The molecule has 1 aromatic heterocycles. The van der Waals surface area contributed by atoms with Crippen LogP contribution in [-0.4, -0.2) is 17.4 Å². The molecule has 1 N–H and O–H groups in total. The van der Waals surface area contributed by atoms with Crippen molar-refractivity contribution in [3.05, 3.63) is 59.5 Å². The fraction of sp³-hybridized carbons (Fsp3) is 0.312. The minimum atomic E-state index is -0.131. The van der Waals surface area contributed by atoms with Gasteiger partial charge < -0.3 is 9.73 Å². The van der Waals surface area contributed by atoms with E-state index in [9.17, 15) is 4.79 Å². The van der Waals surface area contributed by atoms with Crippen LogP contribution in [0.4, 0.5) is 0 Å². The van der Waals surface area contributed by atoms with Crippen LogP contribution in [0.5, 0.6) is 0 Å². The summed E-state index contributed by atoms with van der Waals surface area (Å²) in [6.45, 7) is 1.91. The molecular formula is C16H17NO2S2. The molecule has 2 heterocycles. The molecule has 0 unspecified atom stereocenters. The third kappa shape index (κ3) is 3.47. The SMILES string of the molecule is C[C@H](NC(=O)c1ccc(C2SCCS2)cc1)c1ccco1. The number of thioether (sulfide) groups is 2. The predicted molar refractivity (Wildman–Crippen MR) is 88.7 cm³/mol. The van der Waals surface area contributed by atoms with Crippen LogP contribution in [0.25, 0.3) is 0 Å². The van der Waals surface area contributed by atoms with Crippen molar-refractivity contribution < 1.29 is 9.21 Å². The Morgan fingerprint density at radius 1 is 1.24 bits per heavy atom. The Labute approximate surface area is 132 Å². The number of amides is 1. The van der Waals surface area contributed by atoms with Gasteiger partial charge in [-0.3, -0.25) is 4.79 Å². The first-order valence-electron chi connectivity index (χ1n) is 6.91. The normalized spacial score (nSPS) is 16.8. The molecule has 0 aliphatic carbocycles. The van der Waals surface area contributed by atoms with Gasteiger partial charge in [0.05, 0.1) is 16.9 Å². The van der Waals surface area contributed by atoms with Crippen molar-refractivity contribution in [1.82, 2.24) is 5.32 Å². The zero-order valence-corrected chi connectivity index (χ0v) is 13.4. The van der Waals surface area contributed by atoms with Gasteiger partial charge in [0, 0.05) is 17.1 Å². The highest BCUT2D eigenvalue weighted by Crippen LogP contribution is 2.45. The molecule has 110 valence electrons. The van der Waals surface area contributed by atoms with E-state index in [4.69, 9.17) is 4.42 Å². The third-order valence-corrected chi connectivity index (χ3v) is 6.49. The molecule has 5 heteroatoms. The van der Waals surface area contributed by atoms with E-state index in [1.807, 2.05) is 54.7 Å². The summed E-state index contributed by atoms with van der Waals surface area (Å²) in [5.74, 6) is 3.10. The van der Waals surface area contributed by atoms with Crippen LogP contribution in [0.2, 0.25) is 0 Å². The number of nitrogens with one attached hydrogen (secondary N) is 1. The second-order valence-corrected chi connectivity index (χ2v) is 7.63. The second-order valence-electron chi connectivity index (χ2n) is 4.91. The number of carbonyl (C=O) groups is 1. The van der Waals surface area contributed by atoms with E-state index in [-0.39, 0.29) is 11.9 Å². The molecule has 1 atom stereocenters. The van der Waals surface area contributed by atoms with Crippen LogP contribution >= 0.6 is 23.5 Å². The maximum absolute atomic E-state index is 12.2. The smallest absolute Gasteiger partial charge is 0.251 e. The minimum absolute atomic E-state index is 0.0721. The van der Waals surface area contributed by atoms with Crippen molar-refractivity contribution >= 4 is 29.4 Å². The highest BCUT2D eigenvalue weighted by atomic mass is 32.2. The van der Waals surface area contributed by atoms with Crippen LogP contribution in [0.1, 0.15) is 39.2 Å². The Balaban J connectivity index is 1.64. The largest absolute Gasteiger partial charge is 0.467 e. The summed E-state index contributed by atoms with van der Waals surface area (Å²) in [5.41, 5.74) is 1.98. The second kappa shape index (κ2) is 6.62. The quantitative estimate of drug-likeness (QED) is 0.915. The van der Waals surface area contributed by atoms with Crippen LogP contribution in [0.3, 0.4) is 0 Å². The van der Waals surface area contributed by atoms with Gasteiger partial charge >= 0.3 is 0 Å². The Kier molecular flexibility index (Phi) is 4.60. The van der Waals surface area contributed by atoms with E-state index in [2.05, 4.69) is 17.4 Å². The maximum Gasteiger partial charge on any atom is 0.251 e. The van der Waals surface area contributed by atoms with Gasteiger partial charge in [0.2, 0.25) is 0 Å². The Hall–Kier alpha value is -1.33. The summed E-state index contributed by atoms with van der Waals surface area (Å²) in [6, 6.07) is 11.5. The van der Waals surface area contributed by atoms with Crippen LogP contribution < -0.4 is 5.32 Å². The summed E-state index contributed by atoms with van der Waals surface area (Å²) < 4.78 is 5.82. The molecule has 1 aliphatic rings. The van der Waals surface area contributed by atoms with E-state index in [1.165, 1.54) is 17.1 Å². The summed E-state index contributed by atoms with van der Waals surface area (Å²) in [4.78, 5) is 12.2. The van der Waals surface area contributed by atoms with Gasteiger partial charge in [0.15, 0.2) is 0 Å². The van der Waals surface area contributed by atoms with Gasteiger partial charge in [0.1, 0.15) is 5.76 Å². The molecule has 2 aromatic rings. The average Bonchev–Trinajstić information content (AvgIpc) is 3.20. The summed E-state index contributed by atoms with van der Waals surface area (Å²) >= 11 is 3.94. The molecule has 0 spiro atoms. The van der Waals surface area contributed by atoms with Gasteiger partial charge in [-0.2, -0.15) is 0 Å². The molecule has 1 aromatic carbocycles. The zero-order valence-electron chi connectivity index (χ0n) is 11.7. The highest BCUT2D eigenvalue weighted by Gasteiger charge is 2.19. The molecule has 1 saturated heterocycles. The lowest BCUT2D eigenvalue weighted by Crippen LogP contribution is -2.26. The van der Waals surface area contributed by atoms with Gasteiger partial charge in [-0.15, -0.1) is 23.5 Å². The Morgan fingerprint density at radius 3 is 2.57 bits per heavy atom. The van der Waals surface area contributed by atoms with Crippen molar-refractivity contribution in [1.29, 1.82) is 0 Å². The average molecular weight is 319 g/mol. The van der Waals surface area contributed by atoms with E-state index >= 15 is 0 Å². The number of benzene rings is 1. The van der Waals surface area contributed by atoms with Crippen LogP contribution in [-0.2, 0) is 0 Å². The monoisotopic (exact) mass is 319 g/mol. The number of furan rings is 1. The van der Waals surface area contributed by atoms with Crippen molar-refractivity contribution in [2.45, 2.75) is 17.5 Å². The molecule has 1 fully saturated rings. The molecule has 1 amide bonds. The van der Waals surface area contributed by atoms with Crippen molar-refractivity contribution in [2.75, 3.05) is 11.5 Å². The third-order valence-electron chi connectivity index (χ3n) is 3.38. The highest BCUT2D eigenvalue weighted by molar-refractivity contribution is 8.19. The lowest BCUT2D eigenvalue weighted by Gasteiger charge is -2.12. The molecule has 3 nitrogen and oxygen atoms in total. The van der Waals surface area contributed by atoms with E-state index in [0.717, 1.165) is 5.76 Å². The molecule has 3 rings (SSSR count). The van der Waals surface area contributed by atoms with Gasteiger partial charge in [0.25, 0.3) is 5.91 Å².